The normalized spacial score (nSPS) is 15.8. The van der Waals surface area contributed by atoms with E-state index in [-0.39, 0.29) is 46.8 Å². The summed E-state index contributed by atoms with van der Waals surface area (Å²) < 4.78 is 84.6. The van der Waals surface area contributed by atoms with Gasteiger partial charge in [0.25, 0.3) is 12.2 Å². The Balaban J connectivity index is 1.66. The number of aryl methyl sites for hydroxylation is 1. The third-order valence-corrected chi connectivity index (χ3v) is 6.53. The average molecular weight is 506 g/mol. The van der Waals surface area contributed by atoms with Crippen LogP contribution in [0, 0.1) is 18.2 Å². The van der Waals surface area contributed by atoms with E-state index in [0.717, 1.165) is 4.90 Å². The van der Waals surface area contributed by atoms with Crippen LogP contribution in [0.4, 0.5) is 37.8 Å². The third kappa shape index (κ3) is 3.94. The molecule has 4 aromatic rings. The molecule has 5 rings (SSSR count). The lowest BCUT2D eigenvalue weighted by molar-refractivity contribution is -0.174. The number of allylic oxidation sites excluding steroid dienone is 1. The first-order chi connectivity index (χ1) is 17.0. The lowest BCUT2D eigenvalue weighted by Gasteiger charge is -2.25. The molecule has 1 saturated carbocycles. The molecule has 0 bridgehead atoms. The van der Waals surface area contributed by atoms with Crippen molar-refractivity contribution in [1.82, 2.24) is 24.6 Å². The quantitative estimate of drug-likeness (QED) is 0.289. The predicted molar refractivity (Wildman–Crippen MR) is 122 cm³/mol. The van der Waals surface area contributed by atoms with Crippen LogP contribution >= 0.6 is 0 Å². The molecule has 0 aliphatic heterocycles. The fourth-order valence-corrected chi connectivity index (χ4v) is 4.49. The first-order valence-corrected chi connectivity index (χ1v) is 11.1. The van der Waals surface area contributed by atoms with Crippen LogP contribution in [-0.2, 0) is 0 Å². The third-order valence-electron chi connectivity index (χ3n) is 6.53. The number of hydrogen-bond acceptors (Lipinski definition) is 5. The summed E-state index contributed by atoms with van der Waals surface area (Å²) in [5.74, 6) is -0.276. The van der Waals surface area contributed by atoms with Crippen LogP contribution in [-0.4, -0.2) is 43.7 Å². The number of fused-ring (bicyclic) bond motifs is 3. The van der Waals surface area contributed by atoms with Gasteiger partial charge in [0.05, 0.1) is 28.6 Å². The summed E-state index contributed by atoms with van der Waals surface area (Å²) in [6, 6.07) is 7.06. The number of pyridine rings is 1. The smallest absolute Gasteiger partial charge is 0.320 e. The summed E-state index contributed by atoms with van der Waals surface area (Å²) in [6.45, 7) is 2.19. The Bertz CT molecular complexity index is 1490. The number of anilines is 2. The van der Waals surface area contributed by atoms with Crippen molar-refractivity contribution in [2.45, 2.75) is 39.3 Å². The molecule has 0 atom stereocenters. The summed E-state index contributed by atoms with van der Waals surface area (Å²) in [6.07, 6.45) is -4.64. The van der Waals surface area contributed by atoms with E-state index in [0.29, 0.717) is 11.3 Å². The van der Waals surface area contributed by atoms with Crippen LogP contribution in [0.2, 0.25) is 0 Å². The van der Waals surface area contributed by atoms with Crippen LogP contribution in [0.5, 0.6) is 0 Å². The number of rotatable bonds is 6. The lowest BCUT2D eigenvalue weighted by atomic mass is 9.95. The second kappa shape index (κ2) is 8.45. The number of alkyl halides is 5. The molecule has 0 spiro atoms. The SMILES string of the molecule is C/C(=C\c1cc(N(CC(F)F)c2nc3nnc(C)n3c3cccc(F)c23)ccn1)C1(C(F)(F)F)CC1. The Morgan fingerprint density at radius 2 is 1.94 bits per heavy atom. The molecular formula is C24H20F6N6. The van der Waals surface area contributed by atoms with E-state index in [1.165, 1.54) is 47.9 Å². The van der Waals surface area contributed by atoms with Crippen molar-refractivity contribution in [1.29, 1.82) is 0 Å². The van der Waals surface area contributed by atoms with Gasteiger partial charge in [0.1, 0.15) is 17.5 Å². The first kappa shape index (κ1) is 24.0. The largest absolute Gasteiger partial charge is 0.398 e. The minimum absolute atomic E-state index is 0.0109. The second-order valence-electron chi connectivity index (χ2n) is 8.80. The number of hydrogen-bond donors (Lipinski definition) is 0. The number of nitrogens with zero attached hydrogens (tertiary/aromatic N) is 6. The van der Waals surface area contributed by atoms with Gasteiger partial charge < -0.3 is 4.90 Å². The zero-order chi connectivity index (χ0) is 25.8. The molecule has 1 aliphatic rings. The van der Waals surface area contributed by atoms with Crippen LogP contribution in [0.25, 0.3) is 22.8 Å². The van der Waals surface area contributed by atoms with Gasteiger partial charge >= 0.3 is 6.18 Å². The van der Waals surface area contributed by atoms with Crippen LogP contribution in [0.3, 0.4) is 0 Å². The van der Waals surface area contributed by atoms with E-state index >= 15 is 4.39 Å². The Hall–Kier alpha value is -3.70. The maximum absolute atomic E-state index is 15.1. The molecule has 12 heteroatoms. The number of benzene rings is 1. The van der Waals surface area contributed by atoms with Gasteiger partial charge in [-0.25, -0.2) is 13.2 Å². The highest BCUT2D eigenvalue weighted by Gasteiger charge is 2.64. The molecule has 0 unspecified atom stereocenters. The molecule has 6 nitrogen and oxygen atoms in total. The number of halogens is 6. The van der Waals surface area contributed by atoms with Crippen molar-refractivity contribution in [3.8, 4) is 0 Å². The zero-order valence-electron chi connectivity index (χ0n) is 19.2. The zero-order valence-corrected chi connectivity index (χ0v) is 19.2. The highest BCUT2D eigenvalue weighted by molar-refractivity contribution is 5.94. The van der Waals surface area contributed by atoms with Crippen molar-refractivity contribution in [3.05, 3.63) is 59.4 Å². The Kier molecular flexibility index (Phi) is 5.64. The van der Waals surface area contributed by atoms with Gasteiger partial charge in [-0.3, -0.25) is 9.38 Å². The van der Waals surface area contributed by atoms with E-state index in [4.69, 9.17) is 0 Å². The van der Waals surface area contributed by atoms with Crippen LogP contribution < -0.4 is 4.90 Å². The van der Waals surface area contributed by atoms with E-state index in [1.54, 1.807) is 13.0 Å². The van der Waals surface area contributed by atoms with Crippen LogP contribution in [0.15, 0.2) is 42.1 Å². The fourth-order valence-electron chi connectivity index (χ4n) is 4.49. The predicted octanol–water partition coefficient (Wildman–Crippen LogP) is 6.27. The van der Waals surface area contributed by atoms with Gasteiger partial charge in [0, 0.05) is 11.9 Å². The standard InChI is InChI=1S/C24H20F6N6/c1-13(23(7-8-23)24(28,29)30)10-15-11-16(6-9-31-15)35(12-19(26)27)21-20-17(25)4-3-5-18(20)36-14(2)33-34-22(36)32-21/h3-6,9-11,19H,7-8,12H2,1-2H3/b13-10+. The molecule has 1 aromatic carbocycles. The van der Waals surface area contributed by atoms with Gasteiger partial charge in [-0.15, -0.1) is 10.2 Å². The highest BCUT2D eigenvalue weighted by atomic mass is 19.4. The fraction of sp³-hybridized carbons (Fsp3) is 0.333. The van der Waals surface area contributed by atoms with Gasteiger partial charge in [-0.05, 0) is 57.0 Å². The van der Waals surface area contributed by atoms with Gasteiger partial charge in [0.15, 0.2) is 0 Å². The summed E-state index contributed by atoms with van der Waals surface area (Å²) in [5.41, 5.74) is -1.13. The Labute approximate surface area is 201 Å². The summed E-state index contributed by atoms with van der Waals surface area (Å²) in [4.78, 5) is 9.57. The van der Waals surface area contributed by atoms with Gasteiger partial charge in [0.2, 0.25) is 0 Å². The van der Waals surface area contributed by atoms with Crippen molar-refractivity contribution >= 4 is 34.3 Å². The molecule has 36 heavy (non-hydrogen) atoms. The monoisotopic (exact) mass is 506 g/mol. The molecule has 0 amide bonds. The number of aromatic nitrogens is 5. The molecule has 0 saturated heterocycles. The van der Waals surface area contributed by atoms with Crippen LogP contribution in [0.1, 0.15) is 31.3 Å². The van der Waals surface area contributed by atoms with Gasteiger partial charge in [-0.1, -0.05) is 11.6 Å². The van der Waals surface area contributed by atoms with E-state index in [9.17, 15) is 22.0 Å². The molecule has 0 N–H and O–H groups in total. The highest BCUT2D eigenvalue weighted by Crippen LogP contribution is 2.62. The topological polar surface area (TPSA) is 59.2 Å². The van der Waals surface area contributed by atoms with Crippen molar-refractivity contribution in [3.63, 3.8) is 0 Å². The molecule has 3 heterocycles. The van der Waals surface area contributed by atoms with E-state index in [2.05, 4.69) is 20.2 Å². The molecule has 0 radical (unpaired) electrons. The summed E-state index contributed by atoms with van der Waals surface area (Å²) in [7, 11) is 0. The Morgan fingerprint density at radius 1 is 1.19 bits per heavy atom. The minimum Gasteiger partial charge on any atom is -0.320 e. The summed E-state index contributed by atoms with van der Waals surface area (Å²) >= 11 is 0. The molecule has 1 aliphatic carbocycles. The van der Waals surface area contributed by atoms with E-state index in [1.807, 2.05) is 0 Å². The lowest BCUT2D eigenvalue weighted by Crippen LogP contribution is -2.26. The maximum atomic E-state index is 15.1. The van der Waals surface area contributed by atoms with Gasteiger partial charge in [-0.2, -0.15) is 18.2 Å². The maximum Gasteiger partial charge on any atom is 0.398 e. The molecule has 188 valence electrons. The average Bonchev–Trinajstić information content (AvgIpc) is 3.56. The molecule has 1 fully saturated rings. The molecule has 3 aromatic heterocycles. The van der Waals surface area contributed by atoms with Crippen molar-refractivity contribution in [2.24, 2.45) is 5.41 Å². The van der Waals surface area contributed by atoms with Crippen molar-refractivity contribution < 1.29 is 26.3 Å². The summed E-state index contributed by atoms with van der Waals surface area (Å²) in [5, 5.41) is 7.90. The molecular weight excluding hydrogens is 486 g/mol. The second-order valence-corrected chi connectivity index (χ2v) is 8.80. The van der Waals surface area contributed by atoms with Crippen molar-refractivity contribution in [2.75, 3.05) is 11.4 Å². The minimum atomic E-state index is -4.39. The first-order valence-electron chi connectivity index (χ1n) is 11.1. The van der Waals surface area contributed by atoms with E-state index < -0.39 is 30.4 Å². The Morgan fingerprint density at radius 3 is 2.61 bits per heavy atom.